The van der Waals surface area contributed by atoms with Crippen LogP contribution in [0.4, 0.5) is 0 Å². The zero-order valence-electron chi connectivity index (χ0n) is 15.0. The SMILES string of the molecule is C#C[C@@H]1[C@@H]([C@@H](C)O[Si](C)(C)C(C)(C)C)C(=O)N1CCCC=C. The van der Waals surface area contributed by atoms with Gasteiger partial charge in [0.25, 0.3) is 0 Å². The zero-order chi connectivity index (χ0) is 17.1. The number of β-lactam (4-membered cyclic amide) rings is 1. The number of amides is 1. The topological polar surface area (TPSA) is 29.5 Å². The van der Waals surface area contributed by atoms with E-state index < -0.39 is 8.32 Å². The maximum Gasteiger partial charge on any atom is 0.232 e. The maximum absolute atomic E-state index is 12.4. The van der Waals surface area contributed by atoms with Crippen molar-refractivity contribution >= 4 is 14.2 Å². The van der Waals surface area contributed by atoms with Crippen molar-refractivity contribution in [2.75, 3.05) is 6.54 Å². The molecule has 0 bridgehead atoms. The highest BCUT2D eigenvalue weighted by Crippen LogP contribution is 2.40. The van der Waals surface area contributed by atoms with Gasteiger partial charge in [0.05, 0.1) is 12.0 Å². The number of hydrogen-bond donors (Lipinski definition) is 0. The number of carbonyl (C=O) groups excluding carboxylic acids is 1. The molecule has 0 saturated carbocycles. The van der Waals surface area contributed by atoms with Gasteiger partial charge in [-0.15, -0.1) is 13.0 Å². The van der Waals surface area contributed by atoms with Gasteiger partial charge in [0.15, 0.2) is 8.32 Å². The van der Waals surface area contributed by atoms with E-state index in [1.807, 2.05) is 13.0 Å². The Morgan fingerprint density at radius 3 is 2.55 bits per heavy atom. The van der Waals surface area contributed by atoms with Crippen molar-refractivity contribution in [3.05, 3.63) is 12.7 Å². The lowest BCUT2D eigenvalue weighted by Gasteiger charge is -2.49. The van der Waals surface area contributed by atoms with Crippen LogP contribution in [0, 0.1) is 18.3 Å². The molecule has 0 aliphatic carbocycles. The van der Waals surface area contributed by atoms with E-state index in [-0.39, 0.29) is 29.0 Å². The lowest BCUT2D eigenvalue weighted by Crippen LogP contribution is -2.65. The molecule has 1 saturated heterocycles. The Bertz CT molecular complexity index is 459. The first-order chi connectivity index (χ1) is 10.1. The van der Waals surface area contributed by atoms with Gasteiger partial charge in [-0.1, -0.05) is 32.8 Å². The molecule has 0 aromatic rings. The van der Waals surface area contributed by atoms with E-state index in [2.05, 4.69) is 46.4 Å². The van der Waals surface area contributed by atoms with Gasteiger partial charge >= 0.3 is 0 Å². The first kappa shape index (κ1) is 19.0. The fourth-order valence-electron chi connectivity index (χ4n) is 2.60. The minimum absolute atomic E-state index is 0.120. The Kier molecular flexibility index (Phi) is 6.06. The largest absolute Gasteiger partial charge is 0.413 e. The van der Waals surface area contributed by atoms with Crippen LogP contribution in [0.2, 0.25) is 18.1 Å². The number of carbonyl (C=O) groups is 1. The maximum atomic E-state index is 12.4. The molecule has 124 valence electrons. The van der Waals surface area contributed by atoms with Crippen LogP contribution in [-0.2, 0) is 9.22 Å². The summed E-state index contributed by atoms with van der Waals surface area (Å²) < 4.78 is 6.36. The molecule has 1 heterocycles. The van der Waals surface area contributed by atoms with Gasteiger partial charge in [-0.05, 0) is 37.9 Å². The Balaban J connectivity index is 2.71. The number of nitrogens with zero attached hydrogens (tertiary/aromatic N) is 1. The minimum atomic E-state index is -1.89. The lowest BCUT2D eigenvalue weighted by atomic mass is 9.83. The van der Waals surface area contributed by atoms with Crippen LogP contribution in [0.15, 0.2) is 12.7 Å². The van der Waals surface area contributed by atoms with Gasteiger partial charge in [0, 0.05) is 6.54 Å². The molecule has 0 N–H and O–H groups in total. The monoisotopic (exact) mass is 321 g/mol. The highest BCUT2D eigenvalue weighted by Gasteiger charge is 2.51. The second kappa shape index (κ2) is 7.02. The van der Waals surface area contributed by atoms with Crippen molar-refractivity contribution < 1.29 is 9.22 Å². The van der Waals surface area contributed by atoms with E-state index in [9.17, 15) is 4.79 Å². The summed E-state index contributed by atoms with van der Waals surface area (Å²) in [6, 6.07) is -0.128. The molecule has 22 heavy (non-hydrogen) atoms. The van der Waals surface area contributed by atoms with Crippen LogP contribution in [-0.4, -0.2) is 37.8 Å². The predicted octanol–water partition coefficient (Wildman–Crippen LogP) is 3.82. The number of unbranched alkanes of at least 4 members (excludes halogenated alkanes) is 1. The van der Waals surface area contributed by atoms with Gasteiger partial charge in [-0.25, -0.2) is 0 Å². The van der Waals surface area contributed by atoms with Gasteiger partial charge in [-0.2, -0.15) is 0 Å². The van der Waals surface area contributed by atoms with E-state index >= 15 is 0 Å². The van der Waals surface area contributed by atoms with Crippen molar-refractivity contribution in [3.63, 3.8) is 0 Å². The average molecular weight is 322 g/mol. The normalized spacial score (nSPS) is 23.7. The Morgan fingerprint density at radius 1 is 1.50 bits per heavy atom. The van der Waals surface area contributed by atoms with E-state index in [0.717, 1.165) is 12.8 Å². The third-order valence-electron chi connectivity index (χ3n) is 5.01. The van der Waals surface area contributed by atoms with E-state index in [0.29, 0.717) is 6.54 Å². The second-order valence-corrected chi connectivity index (χ2v) is 12.4. The number of allylic oxidation sites excluding steroid dienone is 1. The van der Waals surface area contributed by atoms with Crippen molar-refractivity contribution in [2.24, 2.45) is 5.92 Å². The van der Waals surface area contributed by atoms with E-state index in [1.54, 1.807) is 4.90 Å². The summed E-state index contributed by atoms with van der Waals surface area (Å²) >= 11 is 0. The molecule has 3 atom stereocenters. The summed E-state index contributed by atoms with van der Waals surface area (Å²) in [5.74, 6) is 2.72. The van der Waals surface area contributed by atoms with Gasteiger partial charge in [0.2, 0.25) is 5.91 Å². The summed E-state index contributed by atoms with van der Waals surface area (Å²) in [5, 5.41) is 0.128. The predicted molar refractivity (Wildman–Crippen MR) is 95.0 cm³/mol. The van der Waals surface area contributed by atoms with Crippen LogP contribution < -0.4 is 0 Å². The van der Waals surface area contributed by atoms with Gasteiger partial charge in [0.1, 0.15) is 6.04 Å². The second-order valence-electron chi connectivity index (χ2n) is 7.68. The van der Waals surface area contributed by atoms with Crippen molar-refractivity contribution in [1.82, 2.24) is 4.90 Å². The first-order valence-electron chi connectivity index (χ1n) is 8.12. The number of terminal acetylenes is 1. The quantitative estimate of drug-likeness (QED) is 0.234. The molecule has 0 unspecified atom stereocenters. The highest BCUT2D eigenvalue weighted by atomic mass is 28.4. The van der Waals surface area contributed by atoms with Crippen LogP contribution in [0.5, 0.6) is 0 Å². The molecule has 4 heteroatoms. The molecule has 0 radical (unpaired) electrons. The fraction of sp³-hybridized carbons (Fsp3) is 0.722. The molecule has 1 aliphatic heterocycles. The molecule has 1 fully saturated rings. The average Bonchev–Trinajstić information content (AvgIpc) is 2.38. The lowest BCUT2D eigenvalue weighted by molar-refractivity contribution is -0.158. The summed E-state index contributed by atoms with van der Waals surface area (Å²) in [7, 11) is -1.89. The van der Waals surface area contributed by atoms with Gasteiger partial charge < -0.3 is 9.33 Å². The van der Waals surface area contributed by atoms with Crippen LogP contribution in [0.3, 0.4) is 0 Å². The highest BCUT2D eigenvalue weighted by molar-refractivity contribution is 6.74. The number of hydrogen-bond acceptors (Lipinski definition) is 2. The van der Waals surface area contributed by atoms with Crippen LogP contribution in [0.1, 0.15) is 40.5 Å². The molecule has 0 aromatic carbocycles. The number of rotatable bonds is 7. The van der Waals surface area contributed by atoms with Crippen molar-refractivity contribution in [3.8, 4) is 12.3 Å². The summed E-state index contributed by atoms with van der Waals surface area (Å²) in [6.45, 7) is 17.4. The first-order valence-corrected chi connectivity index (χ1v) is 11.0. The smallest absolute Gasteiger partial charge is 0.232 e. The molecule has 0 aromatic heterocycles. The summed E-state index contributed by atoms with van der Waals surface area (Å²) in [4.78, 5) is 14.2. The molecular weight excluding hydrogens is 290 g/mol. The zero-order valence-corrected chi connectivity index (χ0v) is 16.0. The third-order valence-corrected chi connectivity index (χ3v) is 9.59. The molecule has 1 rings (SSSR count). The number of likely N-dealkylation sites (tertiary alicyclic amines) is 1. The molecule has 0 spiro atoms. The van der Waals surface area contributed by atoms with Crippen LogP contribution >= 0.6 is 0 Å². The van der Waals surface area contributed by atoms with Crippen molar-refractivity contribution in [1.29, 1.82) is 0 Å². The minimum Gasteiger partial charge on any atom is -0.413 e. The summed E-state index contributed by atoms with van der Waals surface area (Å²) in [6.07, 6.45) is 9.23. The van der Waals surface area contributed by atoms with Crippen LogP contribution in [0.25, 0.3) is 0 Å². The molecular formula is C18H31NO2Si. The molecule has 1 aliphatic rings. The Hall–Kier alpha value is -1.05. The Morgan fingerprint density at radius 2 is 2.09 bits per heavy atom. The molecule has 1 amide bonds. The molecule has 3 nitrogen and oxygen atoms in total. The third kappa shape index (κ3) is 3.82. The van der Waals surface area contributed by atoms with Gasteiger partial charge in [-0.3, -0.25) is 4.79 Å². The Labute approximate surface area is 137 Å². The van der Waals surface area contributed by atoms with E-state index in [4.69, 9.17) is 10.8 Å². The van der Waals surface area contributed by atoms with E-state index in [1.165, 1.54) is 0 Å². The fourth-order valence-corrected chi connectivity index (χ4v) is 4.03. The summed E-state index contributed by atoms with van der Waals surface area (Å²) in [5.41, 5.74) is 0. The standard InChI is InChI=1S/C18H31NO2Si/c1-9-11-12-13-19-15(10-2)16(17(19)20)14(3)21-22(7,8)18(4,5)6/h2,9,14-16H,1,11-13H2,3-8H3/t14-,15-,16-/m1/s1. The van der Waals surface area contributed by atoms with Crippen molar-refractivity contribution in [2.45, 2.75) is 70.8 Å².